The van der Waals surface area contributed by atoms with Crippen LogP contribution in [0.2, 0.25) is 0 Å². The highest BCUT2D eigenvalue weighted by atomic mass is 79.9. The molecule has 2 aromatic rings. The van der Waals surface area contributed by atoms with Crippen LogP contribution in [-0.2, 0) is 0 Å². The van der Waals surface area contributed by atoms with E-state index < -0.39 is 0 Å². The van der Waals surface area contributed by atoms with Crippen molar-refractivity contribution in [3.63, 3.8) is 0 Å². The second-order valence-corrected chi connectivity index (χ2v) is 4.53. The average Bonchev–Trinajstić information content (AvgIpc) is 2.35. The van der Waals surface area contributed by atoms with E-state index in [0.29, 0.717) is 17.4 Å². The summed E-state index contributed by atoms with van der Waals surface area (Å²) in [6.07, 6.45) is 1.40. The van der Waals surface area contributed by atoms with E-state index in [1.165, 1.54) is 13.4 Å². The zero-order chi connectivity index (χ0) is 13.1. The molecule has 5 nitrogen and oxygen atoms in total. The number of anilines is 3. The van der Waals surface area contributed by atoms with Crippen LogP contribution in [0.5, 0.6) is 5.75 Å². The number of hydrogen-bond donors (Lipinski definition) is 2. The zero-order valence-electron chi connectivity index (χ0n) is 10.1. The maximum Gasteiger partial charge on any atom is 0.204 e. The number of benzene rings is 1. The predicted octanol–water partition coefficient (Wildman–Crippen LogP) is 2.88. The van der Waals surface area contributed by atoms with Gasteiger partial charge in [0.15, 0.2) is 11.6 Å². The molecular formula is C12H13BrN4O. The first-order valence-corrected chi connectivity index (χ1v) is 6.09. The Morgan fingerprint density at radius 3 is 2.83 bits per heavy atom. The van der Waals surface area contributed by atoms with E-state index in [4.69, 9.17) is 10.5 Å². The molecular weight excluding hydrogens is 296 g/mol. The minimum absolute atomic E-state index is 0.308. The molecule has 0 saturated carbocycles. The van der Waals surface area contributed by atoms with Crippen LogP contribution >= 0.6 is 15.9 Å². The maximum absolute atomic E-state index is 5.73. The topological polar surface area (TPSA) is 73.1 Å². The Kier molecular flexibility index (Phi) is 3.66. The predicted molar refractivity (Wildman–Crippen MR) is 75.2 cm³/mol. The first-order chi connectivity index (χ1) is 8.63. The van der Waals surface area contributed by atoms with Gasteiger partial charge in [-0.05, 0) is 24.6 Å². The molecule has 0 aliphatic rings. The van der Waals surface area contributed by atoms with Gasteiger partial charge in [-0.2, -0.15) is 0 Å². The summed E-state index contributed by atoms with van der Waals surface area (Å²) in [6, 6.07) is 5.88. The Labute approximate surface area is 114 Å². The number of halogens is 1. The molecule has 3 N–H and O–H groups in total. The lowest BCUT2D eigenvalue weighted by Gasteiger charge is -2.13. The number of rotatable bonds is 3. The zero-order valence-corrected chi connectivity index (χ0v) is 11.7. The Hall–Kier alpha value is -1.82. The van der Waals surface area contributed by atoms with E-state index in [-0.39, 0.29) is 0 Å². The molecule has 0 radical (unpaired) electrons. The van der Waals surface area contributed by atoms with Crippen molar-refractivity contribution in [1.82, 2.24) is 9.97 Å². The number of nitrogen functional groups attached to an aromatic ring is 1. The fourth-order valence-electron chi connectivity index (χ4n) is 1.55. The molecule has 0 saturated heterocycles. The molecule has 18 heavy (non-hydrogen) atoms. The molecule has 0 amide bonds. The summed E-state index contributed by atoms with van der Waals surface area (Å²) in [5.41, 5.74) is 7.74. The normalized spacial score (nSPS) is 10.2. The Balaban J connectivity index is 2.40. The first-order valence-electron chi connectivity index (χ1n) is 5.30. The molecule has 0 bridgehead atoms. The van der Waals surface area contributed by atoms with Gasteiger partial charge in [-0.3, -0.25) is 0 Å². The summed E-state index contributed by atoms with van der Waals surface area (Å²) in [7, 11) is 1.54. The molecule has 1 heterocycles. The lowest BCUT2D eigenvalue weighted by Crippen LogP contribution is -2.03. The Bertz CT molecular complexity index is 574. The van der Waals surface area contributed by atoms with Gasteiger partial charge in [0.2, 0.25) is 5.75 Å². The molecule has 0 unspecified atom stereocenters. The fraction of sp³-hybridized carbons (Fsp3) is 0.167. The second-order valence-electron chi connectivity index (χ2n) is 3.68. The summed E-state index contributed by atoms with van der Waals surface area (Å²) < 4.78 is 6.22. The van der Waals surface area contributed by atoms with Crippen LogP contribution in [0.4, 0.5) is 17.3 Å². The summed E-state index contributed by atoms with van der Waals surface area (Å²) in [4.78, 5) is 8.02. The van der Waals surface area contributed by atoms with Crippen molar-refractivity contribution in [2.75, 3.05) is 18.2 Å². The van der Waals surface area contributed by atoms with Gasteiger partial charge in [-0.25, -0.2) is 9.97 Å². The highest BCUT2D eigenvalue weighted by Crippen LogP contribution is 2.31. The van der Waals surface area contributed by atoms with Crippen LogP contribution in [0, 0.1) is 6.92 Å². The van der Waals surface area contributed by atoms with Crippen LogP contribution in [-0.4, -0.2) is 17.1 Å². The van der Waals surface area contributed by atoms with E-state index in [0.717, 1.165) is 15.7 Å². The van der Waals surface area contributed by atoms with E-state index in [1.54, 1.807) is 0 Å². The molecule has 2 rings (SSSR count). The monoisotopic (exact) mass is 308 g/mol. The van der Waals surface area contributed by atoms with Crippen molar-refractivity contribution in [2.45, 2.75) is 6.92 Å². The van der Waals surface area contributed by atoms with Crippen LogP contribution in [0.25, 0.3) is 0 Å². The summed E-state index contributed by atoms with van der Waals surface area (Å²) >= 11 is 3.48. The van der Waals surface area contributed by atoms with Gasteiger partial charge in [0.1, 0.15) is 6.33 Å². The van der Waals surface area contributed by atoms with Gasteiger partial charge >= 0.3 is 0 Å². The number of aromatic nitrogens is 2. The highest BCUT2D eigenvalue weighted by molar-refractivity contribution is 9.10. The SMILES string of the molecule is COc1c(N)ncnc1Nc1cccc(Br)c1C. The fourth-order valence-corrected chi connectivity index (χ4v) is 1.91. The van der Waals surface area contributed by atoms with Crippen LogP contribution in [0.1, 0.15) is 5.56 Å². The summed E-state index contributed by atoms with van der Waals surface area (Å²) in [5.74, 6) is 1.30. The number of methoxy groups -OCH3 is 1. The smallest absolute Gasteiger partial charge is 0.204 e. The maximum atomic E-state index is 5.73. The van der Waals surface area contributed by atoms with Crippen LogP contribution in [0.3, 0.4) is 0 Å². The Morgan fingerprint density at radius 2 is 2.11 bits per heavy atom. The lowest BCUT2D eigenvalue weighted by molar-refractivity contribution is 0.415. The van der Waals surface area contributed by atoms with Crippen molar-refractivity contribution >= 4 is 33.3 Å². The third-order valence-corrected chi connectivity index (χ3v) is 3.42. The van der Waals surface area contributed by atoms with Crippen LogP contribution in [0.15, 0.2) is 29.0 Å². The molecule has 1 aromatic heterocycles. The number of hydrogen-bond acceptors (Lipinski definition) is 5. The summed E-state index contributed by atoms with van der Waals surface area (Å²) in [5, 5.41) is 3.19. The second kappa shape index (κ2) is 5.22. The third kappa shape index (κ3) is 2.38. The van der Waals surface area contributed by atoms with Gasteiger partial charge in [0, 0.05) is 10.2 Å². The largest absolute Gasteiger partial charge is 0.490 e. The number of nitrogens with two attached hydrogens (primary N) is 1. The van der Waals surface area contributed by atoms with Crippen molar-refractivity contribution in [1.29, 1.82) is 0 Å². The quantitative estimate of drug-likeness (QED) is 0.912. The first kappa shape index (κ1) is 12.6. The van der Waals surface area contributed by atoms with Gasteiger partial charge in [0.05, 0.1) is 7.11 Å². The van der Waals surface area contributed by atoms with E-state index >= 15 is 0 Å². The molecule has 6 heteroatoms. The van der Waals surface area contributed by atoms with Crippen molar-refractivity contribution in [3.8, 4) is 5.75 Å². The number of nitrogens with zero attached hydrogens (tertiary/aromatic N) is 2. The highest BCUT2D eigenvalue weighted by Gasteiger charge is 2.11. The number of nitrogens with one attached hydrogen (secondary N) is 1. The average molecular weight is 309 g/mol. The molecule has 0 aliphatic heterocycles. The summed E-state index contributed by atoms with van der Waals surface area (Å²) in [6.45, 7) is 2.00. The van der Waals surface area contributed by atoms with E-state index in [1.807, 2.05) is 25.1 Å². The van der Waals surface area contributed by atoms with E-state index in [9.17, 15) is 0 Å². The molecule has 0 aliphatic carbocycles. The molecule has 0 spiro atoms. The molecule has 94 valence electrons. The van der Waals surface area contributed by atoms with Gasteiger partial charge in [-0.1, -0.05) is 22.0 Å². The van der Waals surface area contributed by atoms with Gasteiger partial charge in [0.25, 0.3) is 0 Å². The minimum atomic E-state index is 0.308. The van der Waals surface area contributed by atoms with Crippen molar-refractivity contribution in [2.24, 2.45) is 0 Å². The number of ether oxygens (including phenoxy) is 1. The third-order valence-electron chi connectivity index (χ3n) is 2.56. The Morgan fingerprint density at radius 1 is 1.33 bits per heavy atom. The van der Waals surface area contributed by atoms with Crippen molar-refractivity contribution in [3.05, 3.63) is 34.6 Å². The minimum Gasteiger partial charge on any atom is -0.490 e. The van der Waals surface area contributed by atoms with Gasteiger partial charge < -0.3 is 15.8 Å². The molecule has 0 fully saturated rings. The van der Waals surface area contributed by atoms with Gasteiger partial charge in [-0.15, -0.1) is 0 Å². The van der Waals surface area contributed by atoms with E-state index in [2.05, 4.69) is 31.2 Å². The van der Waals surface area contributed by atoms with Crippen LogP contribution < -0.4 is 15.8 Å². The molecule has 0 atom stereocenters. The lowest BCUT2D eigenvalue weighted by atomic mass is 10.2. The standard InChI is InChI=1S/C12H13BrN4O/c1-7-8(13)4-3-5-9(7)17-12-10(18-2)11(14)15-6-16-12/h3-6H,1-2H3,(H3,14,15,16,17). The molecule has 1 aromatic carbocycles. The van der Waals surface area contributed by atoms with Crippen molar-refractivity contribution < 1.29 is 4.74 Å².